The molecule has 33 heavy (non-hydrogen) atoms. The fourth-order valence-electron chi connectivity index (χ4n) is 3.73. The highest BCUT2D eigenvalue weighted by atomic mass is 16.8. The molecule has 8 N–H and O–H groups in total. The van der Waals surface area contributed by atoms with Gasteiger partial charge in [0, 0.05) is 0 Å². The Morgan fingerprint density at radius 1 is 0.818 bits per heavy atom. The van der Waals surface area contributed by atoms with Crippen molar-refractivity contribution in [3.05, 3.63) is 0 Å². The Kier molecular flexibility index (Phi) is 8.75. The second-order valence-corrected chi connectivity index (χ2v) is 7.44. The highest BCUT2D eigenvalue weighted by Gasteiger charge is 2.77. The van der Waals surface area contributed by atoms with Crippen LogP contribution in [-0.4, -0.2) is 140 Å². The first-order chi connectivity index (χ1) is 15.5. The molecule has 0 amide bonds. The summed E-state index contributed by atoms with van der Waals surface area (Å²) in [4.78, 5) is 25.9. The van der Waals surface area contributed by atoms with Crippen LogP contribution in [0.1, 0.15) is 13.8 Å². The Hall–Kier alpha value is -1.50. The van der Waals surface area contributed by atoms with Crippen LogP contribution in [-0.2, 0) is 33.3 Å². The predicted molar refractivity (Wildman–Crippen MR) is 99.8 cm³/mol. The van der Waals surface area contributed by atoms with Crippen LogP contribution in [0.2, 0.25) is 0 Å². The lowest BCUT2D eigenvalue weighted by atomic mass is 9.79. The highest BCUT2D eigenvalue weighted by molar-refractivity contribution is 5.92. The lowest BCUT2D eigenvalue weighted by Crippen LogP contribution is -2.81. The van der Waals surface area contributed by atoms with Gasteiger partial charge in [0.15, 0.2) is 0 Å². The fourth-order valence-corrected chi connectivity index (χ4v) is 3.73. The molecule has 2 fully saturated rings. The van der Waals surface area contributed by atoms with Crippen molar-refractivity contribution in [3.8, 4) is 0 Å². The van der Waals surface area contributed by atoms with Gasteiger partial charge in [-0.3, -0.25) is 4.74 Å². The third kappa shape index (κ3) is 4.23. The number of ether oxygens (including phenoxy) is 5. The standard InChI is InChI=1S/C18H30O15/c1-3-29-14(26)17(28)13(25)11(23)9(6-20)32-18(17,15(27)30-4-2)33-16(7-21)12(24)10(22)8(5-19)31-16/h8-13,19-25,28H,3-7H2,1-2H3/t8-,9-,10-,11-,12+,13+,16?,17+,18+/m1/s1. The maximum atomic E-state index is 13.1. The molecule has 0 spiro atoms. The zero-order valence-electron chi connectivity index (χ0n) is 17.9. The van der Waals surface area contributed by atoms with Gasteiger partial charge in [0.25, 0.3) is 5.60 Å². The van der Waals surface area contributed by atoms with E-state index in [0.717, 1.165) is 0 Å². The van der Waals surface area contributed by atoms with Crippen LogP contribution < -0.4 is 0 Å². The molecule has 9 atom stereocenters. The Morgan fingerprint density at radius 3 is 1.76 bits per heavy atom. The van der Waals surface area contributed by atoms with Gasteiger partial charge in [-0.15, -0.1) is 0 Å². The van der Waals surface area contributed by atoms with Crippen LogP contribution in [0.15, 0.2) is 0 Å². The molecule has 1 unspecified atom stereocenters. The largest absolute Gasteiger partial charge is 0.464 e. The van der Waals surface area contributed by atoms with E-state index in [1.807, 2.05) is 0 Å². The molecule has 15 heteroatoms. The van der Waals surface area contributed by atoms with E-state index in [2.05, 4.69) is 0 Å². The number of aliphatic hydroxyl groups excluding tert-OH is 7. The molecule has 2 saturated heterocycles. The van der Waals surface area contributed by atoms with Crippen molar-refractivity contribution in [2.24, 2.45) is 0 Å². The Morgan fingerprint density at radius 2 is 1.30 bits per heavy atom. The van der Waals surface area contributed by atoms with Crippen molar-refractivity contribution < 1.29 is 74.1 Å². The minimum absolute atomic E-state index is 0.387. The summed E-state index contributed by atoms with van der Waals surface area (Å²) in [5, 5.41) is 81.8. The Bertz CT molecular complexity index is 704. The highest BCUT2D eigenvalue weighted by Crippen LogP contribution is 2.46. The second-order valence-electron chi connectivity index (χ2n) is 7.44. The molecule has 0 aliphatic carbocycles. The molecule has 0 aromatic rings. The second kappa shape index (κ2) is 10.4. The van der Waals surface area contributed by atoms with Crippen LogP contribution in [0.25, 0.3) is 0 Å². The van der Waals surface area contributed by atoms with Crippen molar-refractivity contribution in [2.75, 3.05) is 33.0 Å². The van der Waals surface area contributed by atoms with Crippen LogP contribution in [0.5, 0.6) is 0 Å². The number of carbonyl (C=O) groups excluding carboxylic acids is 2. The number of carbonyl (C=O) groups is 2. The topological polar surface area (TPSA) is 242 Å². The number of hydrogen-bond donors (Lipinski definition) is 8. The van der Waals surface area contributed by atoms with Gasteiger partial charge in [0.1, 0.15) is 43.2 Å². The maximum absolute atomic E-state index is 13.1. The third-order valence-electron chi connectivity index (χ3n) is 5.49. The first-order valence-corrected chi connectivity index (χ1v) is 10.1. The minimum Gasteiger partial charge on any atom is -0.464 e. The molecule has 15 nitrogen and oxygen atoms in total. The monoisotopic (exact) mass is 486 g/mol. The number of aliphatic hydroxyl groups is 8. The average Bonchev–Trinajstić information content (AvgIpc) is 3.04. The summed E-state index contributed by atoms with van der Waals surface area (Å²) in [6.45, 7) is -1.45. The van der Waals surface area contributed by atoms with Gasteiger partial charge in [-0.25, -0.2) is 9.59 Å². The van der Waals surface area contributed by atoms with E-state index in [-0.39, 0.29) is 6.61 Å². The lowest BCUT2D eigenvalue weighted by Gasteiger charge is -2.53. The summed E-state index contributed by atoms with van der Waals surface area (Å²) in [7, 11) is 0. The van der Waals surface area contributed by atoms with Crippen molar-refractivity contribution in [1.29, 1.82) is 0 Å². The van der Waals surface area contributed by atoms with E-state index in [0.29, 0.717) is 0 Å². The molecule has 2 aliphatic heterocycles. The summed E-state index contributed by atoms with van der Waals surface area (Å²) >= 11 is 0. The van der Waals surface area contributed by atoms with Gasteiger partial charge in [-0.2, -0.15) is 0 Å². The van der Waals surface area contributed by atoms with Gasteiger partial charge in [-0.1, -0.05) is 0 Å². The SMILES string of the molecule is CCOC(=O)[C@@]1(OC2(CO)O[C@H](CO)[C@@H](O)[C@@H]2O)O[C@H](CO)[C@@H](O)[C@H](O)[C@]1(O)C(=O)OCC. The summed E-state index contributed by atoms with van der Waals surface area (Å²) in [5.41, 5.74) is -3.60. The normalized spacial score (nSPS) is 43.3. The third-order valence-corrected chi connectivity index (χ3v) is 5.49. The predicted octanol–water partition coefficient (Wildman–Crippen LogP) is -5.53. The smallest absolute Gasteiger partial charge is 0.371 e. The first-order valence-electron chi connectivity index (χ1n) is 10.1. The van der Waals surface area contributed by atoms with Crippen LogP contribution in [0.3, 0.4) is 0 Å². The van der Waals surface area contributed by atoms with Gasteiger partial charge < -0.3 is 59.8 Å². The van der Waals surface area contributed by atoms with Crippen molar-refractivity contribution >= 4 is 11.9 Å². The van der Waals surface area contributed by atoms with E-state index in [4.69, 9.17) is 23.7 Å². The lowest BCUT2D eigenvalue weighted by molar-refractivity contribution is -0.438. The number of rotatable bonds is 9. The Balaban J connectivity index is 2.76. The van der Waals surface area contributed by atoms with E-state index in [1.54, 1.807) is 0 Å². The molecule has 2 aliphatic rings. The van der Waals surface area contributed by atoms with Crippen molar-refractivity contribution in [2.45, 2.75) is 67.6 Å². The summed E-state index contributed by atoms with van der Waals surface area (Å²) in [5.74, 6) is -9.78. The molecule has 192 valence electrons. The first kappa shape index (κ1) is 27.7. The molecule has 0 aromatic heterocycles. The van der Waals surface area contributed by atoms with Crippen molar-refractivity contribution in [3.63, 3.8) is 0 Å². The summed E-state index contributed by atoms with van der Waals surface area (Å²) in [6.07, 6.45) is -12.3. The van der Waals surface area contributed by atoms with E-state index >= 15 is 0 Å². The van der Waals surface area contributed by atoms with Crippen LogP contribution in [0, 0.1) is 0 Å². The van der Waals surface area contributed by atoms with E-state index in [1.165, 1.54) is 13.8 Å². The number of esters is 2. The van der Waals surface area contributed by atoms with Crippen LogP contribution in [0.4, 0.5) is 0 Å². The molecule has 2 rings (SSSR count). The molecule has 0 aromatic carbocycles. The van der Waals surface area contributed by atoms with E-state index < -0.39 is 92.2 Å². The molecule has 0 radical (unpaired) electrons. The van der Waals surface area contributed by atoms with E-state index in [9.17, 15) is 50.4 Å². The van der Waals surface area contributed by atoms with Crippen molar-refractivity contribution in [1.82, 2.24) is 0 Å². The Labute approximate surface area is 187 Å². The summed E-state index contributed by atoms with van der Waals surface area (Å²) < 4.78 is 25.5. The van der Waals surface area contributed by atoms with Gasteiger partial charge in [0.2, 0.25) is 5.79 Å². The maximum Gasteiger partial charge on any atom is 0.371 e. The molecular formula is C18H30O15. The minimum atomic E-state index is -3.60. The molecular weight excluding hydrogens is 456 g/mol. The molecule has 0 saturated carbocycles. The fraction of sp³-hybridized carbons (Fsp3) is 0.889. The summed E-state index contributed by atoms with van der Waals surface area (Å²) in [6, 6.07) is 0. The van der Waals surface area contributed by atoms with Gasteiger partial charge in [-0.05, 0) is 13.8 Å². The molecule has 0 bridgehead atoms. The zero-order valence-corrected chi connectivity index (χ0v) is 17.9. The molecule has 2 heterocycles. The van der Waals surface area contributed by atoms with Gasteiger partial charge >= 0.3 is 17.7 Å². The van der Waals surface area contributed by atoms with Gasteiger partial charge in [0.05, 0.1) is 26.4 Å². The number of hydrogen-bond acceptors (Lipinski definition) is 15. The zero-order chi connectivity index (χ0) is 25.2. The van der Waals surface area contributed by atoms with Crippen LogP contribution >= 0.6 is 0 Å². The quantitative estimate of drug-likeness (QED) is 0.142. The average molecular weight is 486 g/mol.